The molecule has 0 radical (unpaired) electrons. The first-order valence-electron chi connectivity index (χ1n) is 7.47. The number of ketones is 1. The molecule has 0 saturated heterocycles. The van der Waals surface area contributed by atoms with Crippen molar-refractivity contribution < 1.29 is 9.59 Å². The fourth-order valence-electron chi connectivity index (χ4n) is 2.95. The van der Waals surface area contributed by atoms with Crippen LogP contribution in [-0.4, -0.2) is 31.5 Å². The average Bonchev–Trinajstić information content (AvgIpc) is 3.28. The summed E-state index contributed by atoms with van der Waals surface area (Å²) in [5.41, 5.74) is 3.39. The molecule has 4 aromatic rings. The van der Waals surface area contributed by atoms with E-state index in [0.29, 0.717) is 26.8 Å². The molecule has 0 atom stereocenters. The molecule has 25 heavy (non-hydrogen) atoms. The monoisotopic (exact) mass is 347 g/mol. The average molecular weight is 347 g/mol. The van der Waals surface area contributed by atoms with Crippen LogP contribution in [0.1, 0.15) is 26.3 Å². The van der Waals surface area contributed by atoms with Gasteiger partial charge in [0.05, 0.1) is 0 Å². The summed E-state index contributed by atoms with van der Waals surface area (Å²) in [5.74, 6) is -0.379. The molecule has 5 rings (SSSR count). The van der Waals surface area contributed by atoms with Crippen molar-refractivity contribution in [1.82, 2.24) is 19.8 Å². The van der Waals surface area contributed by atoms with Crippen molar-refractivity contribution in [2.24, 2.45) is 0 Å². The molecule has 2 aromatic heterocycles. The number of benzene rings is 2. The lowest BCUT2D eigenvalue weighted by molar-refractivity contribution is 0.102. The molecule has 1 aliphatic carbocycles. The summed E-state index contributed by atoms with van der Waals surface area (Å²) in [7, 11) is 0. The predicted molar refractivity (Wildman–Crippen MR) is 91.9 cm³/mol. The van der Waals surface area contributed by atoms with Crippen LogP contribution in [0.25, 0.3) is 16.1 Å². The molecular weight excluding hydrogens is 338 g/mol. The fraction of sp³-hybridized carbons (Fsp3) is 0. The minimum atomic E-state index is -0.323. The summed E-state index contributed by atoms with van der Waals surface area (Å²) in [4.78, 5) is 25.6. The minimum Gasteiger partial charge on any atom is -0.296 e. The second-order valence-corrected chi connectivity index (χ2v) is 6.51. The second kappa shape index (κ2) is 5.05. The Morgan fingerprint density at radius 3 is 2.68 bits per heavy atom. The maximum atomic E-state index is 12.5. The number of nitrogens with zero attached hydrogens (tertiary/aromatic N) is 4. The van der Waals surface area contributed by atoms with Crippen LogP contribution in [0.5, 0.6) is 0 Å². The van der Waals surface area contributed by atoms with Crippen molar-refractivity contribution in [2.45, 2.75) is 0 Å². The number of nitrogens with one attached hydrogen (secondary N) is 1. The first-order chi connectivity index (χ1) is 12.2. The summed E-state index contributed by atoms with van der Waals surface area (Å²) in [6.45, 7) is 0. The van der Waals surface area contributed by atoms with Gasteiger partial charge in [-0.3, -0.25) is 14.9 Å². The fourth-order valence-corrected chi connectivity index (χ4v) is 3.66. The van der Waals surface area contributed by atoms with E-state index in [4.69, 9.17) is 0 Å². The van der Waals surface area contributed by atoms with E-state index in [0.717, 1.165) is 11.1 Å². The molecule has 0 aliphatic heterocycles. The lowest BCUT2D eigenvalue weighted by Crippen LogP contribution is -2.12. The van der Waals surface area contributed by atoms with Crippen LogP contribution >= 0.6 is 11.3 Å². The van der Waals surface area contributed by atoms with E-state index in [1.165, 1.54) is 22.2 Å². The van der Waals surface area contributed by atoms with E-state index in [2.05, 4.69) is 20.6 Å². The highest BCUT2D eigenvalue weighted by Gasteiger charge is 2.27. The topological polar surface area (TPSA) is 89.2 Å². The number of amides is 1. The van der Waals surface area contributed by atoms with E-state index in [-0.39, 0.29) is 11.7 Å². The molecule has 0 unspecified atom stereocenters. The van der Waals surface area contributed by atoms with Crippen LogP contribution in [0, 0.1) is 0 Å². The van der Waals surface area contributed by atoms with Gasteiger partial charge in [-0.1, -0.05) is 41.7 Å². The smallest absolute Gasteiger partial charge is 0.257 e. The van der Waals surface area contributed by atoms with Gasteiger partial charge >= 0.3 is 0 Å². The van der Waals surface area contributed by atoms with Gasteiger partial charge < -0.3 is 0 Å². The molecule has 0 spiro atoms. The standard InChI is InChI=1S/C17H9N5O2S/c23-14-12-4-2-1-3-10(12)11-6-5-9(7-13(11)14)15(24)19-16-21-22-8-18-20-17(22)25-16/h1-8H,(H,19,21,24). The van der Waals surface area contributed by atoms with Gasteiger partial charge in [0.25, 0.3) is 5.91 Å². The van der Waals surface area contributed by atoms with Crippen molar-refractivity contribution in [3.63, 3.8) is 0 Å². The van der Waals surface area contributed by atoms with Gasteiger partial charge in [-0.05, 0) is 23.3 Å². The quantitative estimate of drug-likeness (QED) is 0.530. The highest BCUT2D eigenvalue weighted by molar-refractivity contribution is 7.20. The number of hydrogen-bond acceptors (Lipinski definition) is 6. The Kier molecular flexibility index (Phi) is 2.83. The van der Waals surface area contributed by atoms with Gasteiger partial charge in [0.2, 0.25) is 10.1 Å². The number of carbonyl (C=O) groups is 2. The van der Waals surface area contributed by atoms with E-state index < -0.39 is 0 Å². The molecular formula is C17H9N5O2S. The maximum absolute atomic E-state index is 12.5. The maximum Gasteiger partial charge on any atom is 0.257 e. The lowest BCUT2D eigenvalue weighted by atomic mass is 10.0. The zero-order chi connectivity index (χ0) is 17.0. The van der Waals surface area contributed by atoms with E-state index in [9.17, 15) is 9.59 Å². The summed E-state index contributed by atoms with van der Waals surface area (Å²) < 4.78 is 1.49. The zero-order valence-corrected chi connectivity index (χ0v) is 13.4. The molecule has 1 aliphatic rings. The Labute approximate surface area is 144 Å². The van der Waals surface area contributed by atoms with Crippen molar-refractivity contribution in [3.8, 4) is 11.1 Å². The molecule has 120 valence electrons. The van der Waals surface area contributed by atoms with Crippen molar-refractivity contribution >= 4 is 33.1 Å². The van der Waals surface area contributed by atoms with Gasteiger partial charge in [-0.15, -0.1) is 15.3 Å². The normalized spacial score (nSPS) is 12.2. The van der Waals surface area contributed by atoms with Gasteiger partial charge in [-0.25, -0.2) is 0 Å². The third-order valence-electron chi connectivity index (χ3n) is 4.10. The van der Waals surface area contributed by atoms with E-state index in [1.54, 1.807) is 18.2 Å². The Bertz CT molecular complexity index is 1150. The first-order valence-corrected chi connectivity index (χ1v) is 8.29. The molecule has 2 aromatic carbocycles. The van der Waals surface area contributed by atoms with Gasteiger partial charge in [0, 0.05) is 16.7 Å². The third kappa shape index (κ3) is 2.08. The number of carbonyl (C=O) groups excluding carboxylic acids is 2. The highest BCUT2D eigenvalue weighted by Crippen LogP contribution is 2.36. The number of aromatic nitrogens is 4. The largest absolute Gasteiger partial charge is 0.296 e. The van der Waals surface area contributed by atoms with Gasteiger partial charge in [0.15, 0.2) is 5.78 Å². The summed E-state index contributed by atoms with van der Waals surface area (Å²) >= 11 is 1.22. The molecule has 2 heterocycles. The van der Waals surface area contributed by atoms with Crippen LogP contribution in [-0.2, 0) is 0 Å². The number of anilines is 1. The predicted octanol–water partition coefficient (Wildman–Crippen LogP) is 2.65. The van der Waals surface area contributed by atoms with Gasteiger partial charge in [-0.2, -0.15) is 4.52 Å². The Hall–Kier alpha value is -3.39. The molecule has 1 N–H and O–H groups in total. The molecule has 0 saturated carbocycles. The zero-order valence-electron chi connectivity index (χ0n) is 12.6. The Morgan fingerprint density at radius 2 is 1.84 bits per heavy atom. The first kappa shape index (κ1) is 14.0. The number of rotatable bonds is 2. The molecule has 8 heteroatoms. The summed E-state index contributed by atoms with van der Waals surface area (Å²) in [6, 6.07) is 12.6. The van der Waals surface area contributed by atoms with Crippen molar-refractivity contribution in [2.75, 3.05) is 5.32 Å². The van der Waals surface area contributed by atoms with Gasteiger partial charge in [0.1, 0.15) is 6.33 Å². The summed E-state index contributed by atoms with van der Waals surface area (Å²) in [6.07, 6.45) is 1.47. The number of fused-ring (bicyclic) bond motifs is 4. The van der Waals surface area contributed by atoms with E-state index in [1.807, 2.05) is 24.3 Å². The van der Waals surface area contributed by atoms with Crippen LogP contribution in [0.15, 0.2) is 48.8 Å². The van der Waals surface area contributed by atoms with Crippen molar-refractivity contribution in [1.29, 1.82) is 0 Å². The van der Waals surface area contributed by atoms with Crippen LogP contribution < -0.4 is 5.32 Å². The Morgan fingerprint density at radius 1 is 1.04 bits per heavy atom. The number of hydrogen-bond donors (Lipinski definition) is 1. The van der Waals surface area contributed by atoms with Crippen LogP contribution in [0.3, 0.4) is 0 Å². The molecule has 1 amide bonds. The third-order valence-corrected chi connectivity index (χ3v) is 4.92. The summed E-state index contributed by atoms with van der Waals surface area (Å²) in [5, 5.41) is 14.9. The molecule has 7 nitrogen and oxygen atoms in total. The van der Waals surface area contributed by atoms with Crippen molar-refractivity contribution in [3.05, 3.63) is 65.5 Å². The molecule has 0 fully saturated rings. The second-order valence-electron chi connectivity index (χ2n) is 5.55. The lowest BCUT2D eigenvalue weighted by Gasteiger charge is -2.04. The highest BCUT2D eigenvalue weighted by atomic mass is 32.1. The minimum absolute atomic E-state index is 0.0564. The Balaban J connectivity index is 1.48. The van der Waals surface area contributed by atoms with Crippen LogP contribution in [0.4, 0.5) is 5.13 Å². The SMILES string of the molecule is O=C(Nc1nn2cnnc2s1)c1ccc2c(c1)C(=O)c1ccccc1-2. The molecule has 0 bridgehead atoms. The van der Waals surface area contributed by atoms with Crippen LogP contribution in [0.2, 0.25) is 0 Å². The van der Waals surface area contributed by atoms with E-state index >= 15 is 0 Å².